The van der Waals surface area contributed by atoms with Crippen molar-refractivity contribution in [3.63, 3.8) is 0 Å². The molecule has 3 N–H and O–H groups in total. The van der Waals surface area contributed by atoms with Gasteiger partial charge in [-0.25, -0.2) is 9.97 Å². The summed E-state index contributed by atoms with van der Waals surface area (Å²) in [6, 6.07) is 25.8. The van der Waals surface area contributed by atoms with Crippen molar-refractivity contribution < 1.29 is 9.53 Å². The van der Waals surface area contributed by atoms with Gasteiger partial charge in [0.2, 0.25) is 0 Å². The summed E-state index contributed by atoms with van der Waals surface area (Å²) in [6.07, 6.45) is 5.71. The monoisotopic (exact) mass is 539 g/mol. The maximum absolute atomic E-state index is 12.5. The number of anilines is 2. The Balaban J connectivity index is 1.49. The standard InChI is InChI=1S/C29H25N5O2S2/c1-36-21-12-10-20(11-13-21)22(19-7-3-2-4-8-19)17-23-24(14-16-32-27(23)28(30)35)37-26-18-33-29(38-26)34-25-9-5-6-15-31-25/h2-16,18,22H,17H2,1H3,(H2,30,35)(H,31,33,34)/t22-/m1/s1. The van der Waals surface area contributed by atoms with Crippen LogP contribution in [0.1, 0.15) is 33.1 Å². The molecule has 1 amide bonds. The van der Waals surface area contributed by atoms with Gasteiger partial charge in [0.1, 0.15) is 17.3 Å². The third-order valence-corrected chi connectivity index (χ3v) is 8.09. The Morgan fingerprint density at radius 2 is 1.71 bits per heavy atom. The van der Waals surface area contributed by atoms with Crippen molar-refractivity contribution in [1.29, 1.82) is 0 Å². The SMILES string of the molecule is COc1ccc([C@H](Cc2c(Sc3cnc(Nc4ccccn4)s3)ccnc2C(N)=O)c2ccccc2)cc1. The normalized spacial score (nSPS) is 11.6. The highest BCUT2D eigenvalue weighted by Gasteiger charge is 2.23. The molecule has 0 saturated carbocycles. The first-order chi connectivity index (χ1) is 18.6. The molecular weight excluding hydrogens is 514 g/mol. The average Bonchev–Trinajstić information content (AvgIpc) is 3.39. The van der Waals surface area contributed by atoms with Crippen LogP contribution < -0.4 is 15.8 Å². The maximum atomic E-state index is 12.5. The fourth-order valence-corrected chi connectivity index (χ4v) is 6.14. The highest BCUT2D eigenvalue weighted by atomic mass is 32.2. The molecule has 0 spiro atoms. The number of nitrogens with zero attached hydrogens (tertiary/aromatic N) is 3. The number of carbonyl (C=O) groups excluding carboxylic acids is 1. The molecule has 0 aliphatic heterocycles. The molecule has 3 heterocycles. The number of carbonyl (C=O) groups is 1. The van der Waals surface area contributed by atoms with Gasteiger partial charge >= 0.3 is 0 Å². The molecule has 0 aliphatic rings. The molecule has 0 fully saturated rings. The van der Waals surface area contributed by atoms with E-state index in [0.717, 1.165) is 42.5 Å². The number of rotatable bonds is 10. The van der Waals surface area contributed by atoms with Crippen molar-refractivity contribution in [2.75, 3.05) is 12.4 Å². The Bertz CT molecular complexity index is 1510. The highest BCUT2D eigenvalue weighted by molar-refractivity contribution is 8.01. The summed E-state index contributed by atoms with van der Waals surface area (Å²) in [5.41, 5.74) is 9.13. The molecule has 1 atom stereocenters. The van der Waals surface area contributed by atoms with Crippen molar-refractivity contribution in [3.8, 4) is 5.75 Å². The third-order valence-electron chi connectivity index (χ3n) is 5.97. The minimum atomic E-state index is -0.550. The van der Waals surface area contributed by atoms with E-state index in [1.165, 1.54) is 11.3 Å². The lowest BCUT2D eigenvalue weighted by Crippen LogP contribution is -2.18. The van der Waals surface area contributed by atoms with Crippen LogP contribution in [0.2, 0.25) is 0 Å². The topological polar surface area (TPSA) is 103 Å². The van der Waals surface area contributed by atoms with E-state index < -0.39 is 5.91 Å². The fourth-order valence-electron chi connectivity index (χ4n) is 4.15. The summed E-state index contributed by atoms with van der Waals surface area (Å²) in [5, 5.41) is 3.96. The van der Waals surface area contributed by atoms with Crippen LogP contribution >= 0.6 is 23.1 Å². The Kier molecular flexibility index (Phi) is 7.96. The van der Waals surface area contributed by atoms with Gasteiger partial charge in [0.05, 0.1) is 17.5 Å². The largest absolute Gasteiger partial charge is 0.497 e. The molecular formula is C29H25N5O2S2. The van der Waals surface area contributed by atoms with Gasteiger partial charge in [-0.2, -0.15) is 0 Å². The fraction of sp³-hybridized carbons (Fsp3) is 0.103. The van der Waals surface area contributed by atoms with Gasteiger partial charge in [-0.3, -0.25) is 9.78 Å². The molecule has 3 aromatic heterocycles. The number of ether oxygens (including phenoxy) is 1. The molecule has 9 heteroatoms. The van der Waals surface area contributed by atoms with Crippen molar-refractivity contribution >= 4 is 40.0 Å². The van der Waals surface area contributed by atoms with Gasteiger partial charge in [0.15, 0.2) is 5.13 Å². The van der Waals surface area contributed by atoms with Crippen LogP contribution in [0.3, 0.4) is 0 Å². The Hall–Kier alpha value is -4.21. The Morgan fingerprint density at radius 3 is 2.42 bits per heavy atom. The van der Waals surface area contributed by atoms with Gasteiger partial charge in [0, 0.05) is 23.2 Å². The lowest BCUT2D eigenvalue weighted by atomic mass is 9.85. The van der Waals surface area contributed by atoms with E-state index in [4.69, 9.17) is 10.5 Å². The van der Waals surface area contributed by atoms with Crippen LogP contribution in [-0.4, -0.2) is 28.0 Å². The van der Waals surface area contributed by atoms with Gasteiger partial charge < -0.3 is 15.8 Å². The minimum absolute atomic E-state index is 0.0217. The molecule has 0 radical (unpaired) electrons. The number of nitrogens with one attached hydrogen (secondary N) is 1. The lowest BCUT2D eigenvalue weighted by molar-refractivity contribution is 0.0994. The van der Waals surface area contributed by atoms with E-state index in [1.54, 1.807) is 31.3 Å². The molecule has 38 heavy (non-hydrogen) atoms. The maximum Gasteiger partial charge on any atom is 0.267 e. The van der Waals surface area contributed by atoms with Crippen LogP contribution in [0.5, 0.6) is 5.75 Å². The van der Waals surface area contributed by atoms with E-state index in [9.17, 15) is 4.79 Å². The van der Waals surface area contributed by atoms with Crippen molar-refractivity contribution in [3.05, 3.63) is 120 Å². The zero-order valence-corrected chi connectivity index (χ0v) is 22.2. The van der Waals surface area contributed by atoms with E-state index in [1.807, 2.05) is 60.8 Å². The molecule has 2 aromatic carbocycles. The number of nitrogens with two attached hydrogens (primary N) is 1. The second kappa shape index (κ2) is 11.9. The third kappa shape index (κ3) is 6.01. The molecule has 0 saturated heterocycles. The summed E-state index contributed by atoms with van der Waals surface area (Å²) in [6.45, 7) is 0. The second-order valence-corrected chi connectivity index (χ2v) is 10.7. The molecule has 0 unspecified atom stereocenters. The highest BCUT2D eigenvalue weighted by Crippen LogP contribution is 2.39. The van der Waals surface area contributed by atoms with Crippen molar-refractivity contribution in [2.24, 2.45) is 5.73 Å². The van der Waals surface area contributed by atoms with Crippen molar-refractivity contribution in [2.45, 2.75) is 21.4 Å². The summed E-state index contributed by atoms with van der Waals surface area (Å²) in [4.78, 5) is 26.6. The summed E-state index contributed by atoms with van der Waals surface area (Å²) >= 11 is 3.05. The second-order valence-electron chi connectivity index (χ2n) is 8.37. The number of benzene rings is 2. The van der Waals surface area contributed by atoms with Crippen LogP contribution in [-0.2, 0) is 6.42 Å². The number of pyridine rings is 2. The quantitative estimate of drug-likeness (QED) is 0.214. The van der Waals surface area contributed by atoms with Gasteiger partial charge in [-0.15, -0.1) is 0 Å². The molecule has 5 aromatic rings. The molecule has 0 aliphatic carbocycles. The molecule has 7 nitrogen and oxygen atoms in total. The van der Waals surface area contributed by atoms with Gasteiger partial charge in [0.25, 0.3) is 5.91 Å². The summed E-state index contributed by atoms with van der Waals surface area (Å²) in [5.74, 6) is 0.943. The zero-order valence-electron chi connectivity index (χ0n) is 20.6. The van der Waals surface area contributed by atoms with Crippen molar-refractivity contribution in [1.82, 2.24) is 15.0 Å². The molecule has 5 rings (SSSR count). The predicted molar refractivity (Wildman–Crippen MR) is 151 cm³/mol. The van der Waals surface area contributed by atoms with E-state index in [-0.39, 0.29) is 11.6 Å². The number of aromatic nitrogens is 3. The number of primary amides is 1. The first-order valence-corrected chi connectivity index (χ1v) is 13.5. The van der Waals surface area contributed by atoms with Crippen LogP contribution in [0, 0.1) is 0 Å². The van der Waals surface area contributed by atoms with Crippen LogP contribution in [0.15, 0.2) is 107 Å². The Labute approximate surface area is 229 Å². The number of hydrogen-bond donors (Lipinski definition) is 2. The number of hydrogen-bond acceptors (Lipinski definition) is 8. The van der Waals surface area contributed by atoms with Crippen LogP contribution in [0.4, 0.5) is 10.9 Å². The Morgan fingerprint density at radius 1 is 0.947 bits per heavy atom. The number of amides is 1. The average molecular weight is 540 g/mol. The number of thiazole rings is 1. The molecule has 0 bridgehead atoms. The van der Waals surface area contributed by atoms with E-state index >= 15 is 0 Å². The summed E-state index contributed by atoms with van der Waals surface area (Å²) < 4.78 is 6.32. The van der Waals surface area contributed by atoms with Crippen LogP contribution in [0.25, 0.3) is 0 Å². The zero-order chi connectivity index (χ0) is 26.3. The molecule has 190 valence electrons. The lowest BCUT2D eigenvalue weighted by Gasteiger charge is -2.21. The predicted octanol–water partition coefficient (Wildman–Crippen LogP) is 6.31. The summed E-state index contributed by atoms with van der Waals surface area (Å²) in [7, 11) is 1.65. The smallest absolute Gasteiger partial charge is 0.267 e. The van der Waals surface area contributed by atoms with Gasteiger partial charge in [-0.1, -0.05) is 71.6 Å². The van der Waals surface area contributed by atoms with E-state index in [0.29, 0.717) is 6.42 Å². The first kappa shape index (κ1) is 25.4. The van der Waals surface area contributed by atoms with Gasteiger partial charge in [-0.05, 0) is 53.4 Å². The minimum Gasteiger partial charge on any atom is -0.497 e. The number of methoxy groups -OCH3 is 1. The first-order valence-electron chi connectivity index (χ1n) is 11.9. The van der Waals surface area contributed by atoms with E-state index in [2.05, 4.69) is 44.5 Å².